The van der Waals surface area contributed by atoms with E-state index in [1.165, 1.54) is 11.5 Å². The lowest BCUT2D eigenvalue weighted by Gasteiger charge is -2.28. The molecule has 1 N–H and O–H groups in total. The number of amides is 1. The van der Waals surface area contributed by atoms with Gasteiger partial charge in [-0.25, -0.2) is 23.7 Å². The van der Waals surface area contributed by atoms with Crippen LogP contribution in [0.25, 0.3) is 21.9 Å². The van der Waals surface area contributed by atoms with Crippen LogP contribution in [0, 0.1) is 0 Å². The van der Waals surface area contributed by atoms with E-state index in [0.717, 1.165) is 41.4 Å². The van der Waals surface area contributed by atoms with Gasteiger partial charge in [0.1, 0.15) is 5.82 Å². The van der Waals surface area contributed by atoms with Gasteiger partial charge in [-0.3, -0.25) is 9.59 Å². The molecule has 0 saturated carbocycles. The fraction of sp³-hybridized carbons (Fsp3) is 0.444. The van der Waals surface area contributed by atoms with Gasteiger partial charge in [-0.1, -0.05) is 6.07 Å². The van der Waals surface area contributed by atoms with Gasteiger partial charge in [0.05, 0.1) is 0 Å². The number of nitrogens with one attached hydrogen (secondary N) is 1. The van der Waals surface area contributed by atoms with E-state index >= 15 is 0 Å². The first kappa shape index (κ1) is 27.7. The number of nitrogens with zero attached hydrogens (tertiary/aromatic N) is 3. The minimum Gasteiger partial charge on any atom is -0.363 e. The number of hydrogen-bond donors (Lipinski definition) is 1. The van der Waals surface area contributed by atoms with Crippen LogP contribution in [0.3, 0.4) is 0 Å². The van der Waals surface area contributed by atoms with E-state index in [2.05, 4.69) is 10.5 Å². The average Bonchev–Trinajstić information content (AvgIpc) is 2.91. The van der Waals surface area contributed by atoms with Gasteiger partial charge in [0, 0.05) is 63.3 Å². The van der Waals surface area contributed by atoms with Crippen LogP contribution in [-0.2, 0) is 30.8 Å². The molecule has 1 saturated heterocycles. The Balaban J connectivity index is 1.52. The Bertz CT molecular complexity index is 1460. The normalized spacial score (nSPS) is 17.6. The van der Waals surface area contributed by atoms with Crippen molar-refractivity contribution in [3.8, 4) is 11.1 Å². The lowest BCUT2D eigenvalue weighted by Crippen LogP contribution is -2.51. The van der Waals surface area contributed by atoms with E-state index in [9.17, 15) is 18.0 Å². The van der Waals surface area contributed by atoms with Crippen molar-refractivity contribution in [2.75, 3.05) is 31.9 Å². The summed E-state index contributed by atoms with van der Waals surface area (Å²) in [6.45, 7) is 1.90. The summed E-state index contributed by atoms with van der Waals surface area (Å²) in [5.41, 5.74) is 3.86. The van der Waals surface area contributed by atoms with Crippen LogP contribution in [0.1, 0.15) is 32.6 Å². The third kappa shape index (κ3) is 5.90. The third-order valence-electron chi connectivity index (χ3n) is 7.07. The zero-order chi connectivity index (χ0) is 27.5. The summed E-state index contributed by atoms with van der Waals surface area (Å²) in [7, 11) is 0.00560. The third-order valence-corrected chi connectivity index (χ3v) is 9.09. The summed E-state index contributed by atoms with van der Waals surface area (Å²) < 4.78 is 30.4. The van der Waals surface area contributed by atoms with Crippen molar-refractivity contribution in [1.82, 2.24) is 15.0 Å². The molecule has 0 spiro atoms. The van der Waals surface area contributed by atoms with Gasteiger partial charge in [0.2, 0.25) is 0 Å². The highest BCUT2D eigenvalue weighted by atomic mass is 32.2. The molecule has 1 aromatic carbocycles. The number of carbonyl (C=O) groups is 1. The van der Waals surface area contributed by atoms with Crippen molar-refractivity contribution in [2.24, 2.45) is 0 Å². The van der Waals surface area contributed by atoms with Gasteiger partial charge in [-0.05, 0) is 67.5 Å². The molecular formula is C27H34N4O6S. The maximum absolute atomic E-state index is 13.2. The molecule has 38 heavy (non-hydrogen) atoms. The van der Waals surface area contributed by atoms with E-state index in [4.69, 9.17) is 9.57 Å². The SMILES string of the molecule is CN(C)c1ccc(-c2ccc3c(=O)n(CCC(C)(C(=O)NOC4CCCCO4)S(C)(=O)=O)ccc3c2)cn1. The highest BCUT2D eigenvalue weighted by molar-refractivity contribution is 7.92. The number of anilines is 1. The number of aromatic nitrogens is 2. The summed E-state index contributed by atoms with van der Waals surface area (Å²) in [5.74, 6) is 0.0580. The maximum atomic E-state index is 13.2. The van der Waals surface area contributed by atoms with Crippen molar-refractivity contribution in [1.29, 1.82) is 0 Å². The van der Waals surface area contributed by atoms with Crippen LogP contribution >= 0.6 is 0 Å². The Labute approximate surface area is 222 Å². The molecule has 1 aliphatic rings. The maximum Gasteiger partial charge on any atom is 0.264 e. The van der Waals surface area contributed by atoms with E-state index in [-0.39, 0.29) is 18.5 Å². The number of sulfone groups is 1. The molecule has 4 rings (SSSR count). The first-order valence-corrected chi connectivity index (χ1v) is 14.4. The Morgan fingerprint density at radius 3 is 2.61 bits per heavy atom. The largest absolute Gasteiger partial charge is 0.363 e. The van der Waals surface area contributed by atoms with Gasteiger partial charge < -0.3 is 14.2 Å². The van der Waals surface area contributed by atoms with Gasteiger partial charge in [0.25, 0.3) is 11.5 Å². The van der Waals surface area contributed by atoms with Gasteiger partial charge in [0.15, 0.2) is 20.9 Å². The molecule has 2 unspecified atom stereocenters. The Morgan fingerprint density at radius 2 is 1.97 bits per heavy atom. The quantitative estimate of drug-likeness (QED) is 0.410. The molecule has 1 amide bonds. The predicted octanol–water partition coefficient (Wildman–Crippen LogP) is 2.90. The zero-order valence-electron chi connectivity index (χ0n) is 22.1. The average molecular weight is 543 g/mol. The van der Waals surface area contributed by atoms with Crippen molar-refractivity contribution in [3.63, 3.8) is 0 Å². The number of ether oxygens (including phenoxy) is 1. The minimum absolute atomic E-state index is 0.0311. The second kappa shape index (κ2) is 11.2. The van der Waals surface area contributed by atoms with E-state index < -0.39 is 26.8 Å². The molecule has 0 radical (unpaired) electrons. The van der Waals surface area contributed by atoms with Gasteiger partial charge >= 0.3 is 0 Å². The highest BCUT2D eigenvalue weighted by Gasteiger charge is 2.44. The van der Waals surface area contributed by atoms with Gasteiger partial charge in [-0.15, -0.1) is 0 Å². The number of rotatable bonds is 9. The molecule has 1 aliphatic heterocycles. The standard InChI is InChI=1S/C27H34N4O6S/c1-27(38(4,34)35,26(33)29-37-24-7-5-6-16-36-24)13-15-31-14-12-20-17-19(8-10-22(20)25(31)32)21-9-11-23(28-18-21)30(2)3/h8-12,14,17-18,24H,5-7,13,15-16H2,1-4H3,(H,29,33). The first-order chi connectivity index (χ1) is 18.0. The predicted molar refractivity (Wildman–Crippen MR) is 146 cm³/mol. The lowest BCUT2D eigenvalue weighted by molar-refractivity contribution is -0.201. The van der Waals surface area contributed by atoms with Crippen LogP contribution in [0.2, 0.25) is 0 Å². The number of hydroxylamine groups is 1. The second-order valence-corrected chi connectivity index (χ2v) is 12.5. The molecule has 2 atom stereocenters. The molecule has 3 aromatic rings. The van der Waals surface area contributed by atoms with E-state index in [0.29, 0.717) is 18.4 Å². The number of pyridine rings is 2. The Kier molecular flexibility index (Phi) is 8.19. The molecule has 3 heterocycles. The second-order valence-electron chi connectivity index (χ2n) is 10.0. The fourth-order valence-electron chi connectivity index (χ4n) is 4.30. The number of fused-ring (bicyclic) bond motifs is 1. The van der Waals surface area contributed by atoms with Crippen LogP contribution < -0.4 is 15.9 Å². The van der Waals surface area contributed by atoms with E-state index in [1.54, 1.807) is 18.5 Å². The van der Waals surface area contributed by atoms with E-state index in [1.807, 2.05) is 49.3 Å². The molecule has 11 heteroatoms. The number of carbonyl (C=O) groups excluding carboxylic acids is 1. The number of aryl methyl sites for hydroxylation is 1. The minimum atomic E-state index is -3.84. The highest BCUT2D eigenvalue weighted by Crippen LogP contribution is 2.25. The van der Waals surface area contributed by atoms with Crippen LogP contribution in [-0.4, -0.2) is 61.9 Å². The molecule has 0 aliphatic carbocycles. The summed E-state index contributed by atoms with van der Waals surface area (Å²) in [5, 5.41) is 1.25. The van der Waals surface area contributed by atoms with Crippen molar-refractivity contribution < 1.29 is 22.8 Å². The molecule has 1 fully saturated rings. The molecule has 204 valence electrons. The van der Waals surface area contributed by atoms with Crippen molar-refractivity contribution >= 4 is 32.3 Å². The van der Waals surface area contributed by atoms with Crippen LogP contribution in [0.15, 0.2) is 53.6 Å². The lowest BCUT2D eigenvalue weighted by atomic mass is 10.0. The smallest absolute Gasteiger partial charge is 0.264 e. The Morgan fingerprint density at radius 1 is 1.21 bits per heavy atom. The van der Waals surface area contributed by atoms with Crippen LogP contribution in [0.4, 0.5) is 5.82 Å². The topological polar surface area (TPSA) is 120 Å². The van der Waals surface area contributed by atoms with Crippen molar-refractivity contribution in [3.05, 3.63) is 59.1 Å². The van der Waals surface area contributed by atoms with Crippen LogP contribution in [0.5, 0.6) is 0 Å². The summed E-state index contributed by atoms with van der Waals surface area (Å²) in [6, 6.07) is 11.3. The van der Waals surface area contributed by atoms with Crippen molar-refractivity contribution in [2.45, 2.75) is 50.2 Å². The molecule has 10 nitrogen and oxygen atoms in total. The summed E-state index contributed by atoms with van der Waals surface area (Å²) in [4.78, 5) is 37.8. The number of benzene rings is 1. The molecule has 2 aromatic heterocycles. The zero-order valence-corrected chi connectivity index (χ0v) is 23.0. The first-order valence-electron chi connectivity index (χ1n) is 12.5. The molecular weight excluding hydrogens is 508 g/mol. The summed E-state index contributed by atoms with van der Waals surface area (Å²) >= 11 is 0. The number of hydrogen-bond acceptors (Lipinski definition) is 8. The molecule has 0 bridgehead atoms. The van der Waals surface area contributed by atoms with Gasteiger partial charge in [-0.2, -0.15) is 0 Å². The fourth-order valence-corrected chi connectivity index (χ4v) is 5.14. The summed E-state index contributed by atoms with van der Waals surface area (Å²) in [6.07, 6.45) is 6.13. The Hall–Kier alpha value is -3.28. The monoisotopic (exact) mass is 542 g/mol.